The lowest BCUT2D eigenvalue weighted by Crippen LogP contribution is -2.17. The molecule has 4 heteroatoms. The van der Waals surface area contributed by atoms with Gasteiger partial charge in [-0.2, -0.15) is 0 Å². The molecule has 0 radical (unpaired) electrons. The lowest BCUT2D eigenvalue weighted by molar-refractivity contribution is -0.143. The fourth-order valence-corrected chi connectivity index (χ4v) is 1.20. The molecule has 0 aromatic heterocycles. The van der Waals surface area contributed by atoms with E-state index in [0.29, 0.717) is 12.8 Å². The van der Waals surface area contributed by atoms with Crippen molar-refractivity contribution in [3.8, 4) is 0 Å². The van der Waals surface area contributed by atoms with E-state index in [0.717, 1.165) is 0 Å². The van der Waals surface area contributed by atoms with Crippen molar-refractivity contribution < 1.29 is 19.8 Å². The van der Waals surface area contributed by atoms with Crippen LogP contribution in [0.4, 0.5) is 0 Å². The summed E-state index contributed by atoms with van der Waals surface area (Å²) in [6, 6.07) is 0. The van der Waals surface area contributed by atoms with Gasteiger partial charge in [0.05, 0.1) is 5.92 Å². The second kappa shape index (κ2) is 2.74. The van der Waals surface area contributed by atoms with Crippen LogP contribution >= 0.6 is 0 Å². The van der Waals surface area contributed by atoms with Crippen molar-refractivity contribution in [2.75, 3.05) is 0 Å². The first-order valence-corrected chi connectivity index (χ1v) is 3.29. The number of carboxylic acid groups (broad SMARTS) is 2. The highest BCUT2D eigenvalue weighted by Gasteiger charge is 2.30. The summed E-state index contributed by atoms with van der Waals surface area (Å²) in [6.45, 7) is 0. The third-order valence-corrected chi connectivity index (χ3v) is 1.74. The molecule has 1 rings (SSSR count). The molecule has 11 heavy (non-hydrogen) atoms. The summed E-state index contributed by atoms with van der Waals surface area (Å²) in [7, 11) is 0. The van der Waals surface area contributed by atoms with Crippen LogP contribution in [-0.4, -0.2) is 22.2 Å². The molecule has 0 saturated carbocycles. The van der Waals surface area contributed by atoms with Crippen molar-refractivity contribution >= 4 is 11.9 Å². The van der Waals surface area contributed by atoms with Crippen LogP contribution in [0.15, 0.2) is 11.6 Å². The zero-order valence-electron chi connectivity index (χ0n) is 5.78. The minimum absolute atomic E-state index is 0.0255. The number of allylic oxidation sites excluding steroid dienone is 1. The highest BCUT2D eigenvalue weighted by Crippen LogP contribution is 2.25. The predicted molar refractivity (Wildman–Crippen MR) is 36.1 cm³/mol. The second-order valence-corrected chi connectivity index (χ2v) is 2.43. The SMILES string of the molecule is O=C(O)C1=CCCC1C(=O)O. The molecular formula is C7H8O4. The molecule has 0 aromatic rings. The maximum atomic E-state index is 10.4. The Hall–Kier alpha value is -1.32. The highest BCUT2D eigenvalue weighted by atomic mass is 16.4. The molecule has 0 heterocycles. The molecule has 1 unspecified atom stereocenters. The second-order valence-electron chi connectivity index (χ2n) is 2.43. The smallest absolute Gasteiger partial charge is 0.332 e. The van der Waals surface area contributed by atoms with Crippen LogP contribution in [0, 0.1) is 5.92 Å². The summed E-state index contributed by atoms with van der Waals surface area (Å²) >= 11 is 0. The van der Waals surface area contributed by atoms with Gasteiger partial charge in [0.1, 0.15) is 0 Å². The molecular weight excluding hydrogens is 148 g/mol. The topological polar surface area (TPSA) is 74.6 Å². The molecule has 1 atom stereocenters. The first-order valence-electron chi connectivity index (χ1n) is 3.29. The average molecular weight is 156 g/mol. The maximum absolute atomic E-state index is 10.4. The van der Waals surface area contributed by atoms with Crippen molar-refractivity contribution in [3.63, 3.8) is 0 Å². The average Bonchev–Trinajstić information content (AvgIpc) is 2.32. The molecule has 0 spiro atoms. The highest BCUT2D eigenvalue weighted by molar-refractivity contribution is 5.94. The molecule has 0 aromatic carbocycles. The largest absolute Gasteiger partial charge is 0.481 e. The molecule has 0 bridgehead atoms. The van der Waals surface area contributed by atoms with E-state index in [2.05, 4.69) is 0 Å². The van der Waals surface area contributed by atoms with Gasteiger partial charge in [-0.25, -0.2) is 4.79 Å². The number of rotatable bonds is 2. The van der Waals surface area contributed by atoms with Crippen LogP contribution in [0.3, 0.4) is 0 Å². The number of carboxylic acids is 2. The van der Waals surface area contributed by atoms with Crippen LogP contribution in [0.2, 0.25) is 0 Å². The Morgan fingerprint density at radius 3 is 2.45 bits per heavy atom. The fraction of sp³-hybridized carbons (Fsp3) is 0.429. The Kier molecular flexibility index (Phi) is 1.94. The molecule has 1 aliphatic carbocycles. The van der Waals surface area contributed by atoms with Crippen molar-refractivity contribution in [2.24, 2.45) is 5.92 Å². The van der Waals surface area contributed by atoms with Gasteiger partial charge in [-0.05, 0) is 12.8 Å². The van der Waals surface area contributed by atoms with Crippen molar-refractivity contribution in [1.82, 2.24) is 0 Å². The Bertz CT molecular complexity index is 229. The zero-order chi connectivity index (χ0) is 8.43. The molecule has 0 aliphatic heterocycles. The third-order valence-electron chi connectivity index (χ3n) is 1.74. The van der Waals surface area contributed by atoms with Crippen molar-refractivity contribution in [3.05, 3.63) is 11.6 Å². The van der Waals surface area contributed by atoms with Crippen LogP contribution < -0.4 is 0 Å². The van der Waals surface area contributed by atoms with E-state index in [-0.39, 0.29) is 5.57 Å². The molecule has 0 amide bonds. The van der Waals surface area contributed by atoms with Gasteiger partial charge in [0.25, 0.3) is 0 Å². The van der Waals surface area contributed by atoms with Crippen LogP contribution in [0.25, 0.3) is 0 Å². The Labute approximate surface area is 63.1 Å². The van der Waals surface area contributed by atoms with Gasteiger partial charge in [-0.15, -0.1) is 0 Å². The molecule has 1 aliphatic rings. The van der Waals surface area contributed by atoms with Gasteiger partial charge < -0.3 is 10.2 Å². The van der Waals surface area contributed by atoms with E-state index in [1.165, 1.54) is 6.08 Å². The van der Waals surface area contributed by atoms with Gasteiger partial charge in [-0.1, -0.05) is 6.08 Å². The number of hydrogen-bond acceptors (Lipinski definition) is 2. The first-order chi connectivity index (χ1) is 5.13. The van der Waals surface area contributed by atoms with Gasteiger partial charge in [-0.3, -0.25) is 4.79 Å². The number of hydrogen-bond donors (Lipinski definition) is 2. The van der Waals surface area contributed by atoms with Crippen molar-refractivity contribution in [2.45, 2.75) is 12.8 Å². The Balaban J connectivity index is 2.79. The molecule has 0 saturated heterocycles. The predicted octanol–water partition coefficient (Wildman–Crippen LogP) is 0.492. The minimum Gasteiger partial charge on any atom is -0.481 e. The van der Waals surface area contributed by atoms with Gasteiger partial charge >= 0.3 is 11.9 Å². The summed E-state index contributed by atoms with van der Waals surface area (Å²) < 4.78 is 0. The van der Waals surface area contributed by atoms with E-state index in [1.807, 2.05) is 0 Å². The van der Waals surface area contributed by atoms with Crippen LogP contribution in [0.1, 0.15) is 12.8 Å². The normalized spacial score (nSPS) is 22.9. The lowest BCUT2D eigenvalue weighted by Gasteiger charge is -2.03. The van der Waals surface area contributed by atoms with E-state index in [1.54, 1.807) is 0 Å². The summed E-state index contributed by atoms with van der Waals surface area (Å²) in [5.41, 5.74) is 0.0255. The molecule has 0 fully saturated rings. The molecule has 4 nitrogen and oxygen atoms in total. The van der Waals surface area contributed by atoms with E-state index in [4.69, 9.17) is 10.2 Å². The standard InChI is InChI=1S/C7H8O4/c8-6(9)4-2-1-3-5(4)7(10)11/h2,5H,1,3H2,(H,8,9)(H,10,11). The molecule has 2 N–H and O–H groups in total. The summed E-state index contributed by atoms with van der Waals surface area (Å²) in [6.07, 6.45) is 2.44. The Morgan fingerprint density at radius 2 is 2.09 bits per heavy atom. The van der Waals surface area contributed by atoms with E-state index < -0.39 is 17.9 Å². The number of carbonyl (C=O) groups is 2. The number of aliphatic carboxylic acids is 2. The van der Waals surface area contributed by atoms with Crippen molar-refractivity contribution in [1.29, 1.82) is 0 Å². The van der Waals surface area contributed by atoms with Crippen LogP contribution in [-0.2, 0) is 9.59 Å². The van der Waals surface area contributed by atoms with Gasteiger partial charge in [0, 0.05) is 5.57 Å². The van der Waals surface area contributed by atoms with Gasteiger partial charge in [0.2, 0.25) is 0 Å². The maximum Gasteiger partial charge on any atom is 0.332 e. The summed E-state index contributed by atoms with van der Waals surface area (Å²) in [5.74, 6) is -2.96. The fourth-order valence-electron chi connectivity index (χ4n) is 1.20. The van der Waals surface area contributed by atoms with Crippen LogP contribution in [0.5, 0.6) is 0 Å². The van der Waals surface area contributed by atoms with E-state index in [9.17, 15) is 9.59 Å². The zero-order valence-corrected chi connectivity index (χ0v) is 5.78. The van der Waals surface area contributed by atoms with E-state index >= 15 is 0 Å². The lowest BCUT2D eigenvalue weighted by atomic mass is 10.0. The third kappa shape index (κ3) is 1.39. The monoisotopic (exact) mass is 156 g/mol. The molecule has 60 valence electrons. The van der Waals surface area contributed by atoms with Gasteiger partial charge in [0.15, 0.2) is 0 Å². The summed E-state index contributed by atoms with van der Waals surface area (Å²) in [5, 5.41) is 17.0. The summed E-state index contributed by atoms with van der Waals surface area (Å²) in [4.78, 5) is 20.8. The Morgan fingerprint density at radius 1 is 1.45 bits per heavy atom. The quantitative estimate of drug-likeness (QED) is 0.610. The minimum atomic E-state index is -1.12. The first kappa shape index (κ1) is 7.78.